The molecule has 0 aliphatic carbocycles. The summed E-state index contributed by atoms with van der Waals surface area (Å²) in [4.78, 5) is 33.9. The highest BCUT2D eigenvalue weighted by Gasteiger charge is 2.46. The van der Waals surface area contributed by atoms with Crippen molar-refractivity contribution in [3.05, 3.63) is 70.5 Å². The maximum atomic E-state index is 13.3. The minimum Gasteiger partial charge on any atom is -0.481 e. The zero-order valence-corrected chi connectivity index (χ0v) is 19.4. The van der Waals surface area contributed by atoms with Gasteiger partial charge in [-0.3, -0.25) is 9.59 Å². The van der Waals surface area contributed by atoms with Gasteiger partial charge in [0.1, 0.15) is 0 Å². The third kappa shape index (κ3) is 4.39. The van der Waals surface area contributed by atoms with Crippen LogP contribution in [-0.2, 0) is 11.2 Å². The van der Waals surface area contributed by atoms with Crippen LogP contribution in [0, 0.1) is 5.41 Å². The second-order valence-corrected chi connectivity index (χ2v) is 9.21. The zero-order chi connectivity index (χ0) is 22.7. The third-order valence-corrected chi connectivity index (χ3v) is 6.73. The van der Waals surface area contributed by atoms with Crippen molar-refractivity contribution >= 4 is 23.2 Å². The van der Waals surface area contributed by atoms with Gasteiger partial charge in [-0.1, -0.05) is 24.3 Å². The average molecular weight is 450 g/mol. The van der Waals surface area contributed by atoms with E-state index in [2.05, 4.69) is 46.1 Å². The van der Waals surface area contributed by atoms with Crippen LogP contribution < -0.4 is 4.74 Å². The van der Waals surface area contributed by atoms with Crippen LogP contribution in [0.3, 0.4) is 0 Å². The van der Waals surface area contributed by atoms with Gasteiger partial charge in [0.2, 0.25) is 11.8 Å². The van der Waals surface area contributed by atoms with E-state index in [1.54, 1.807) is 54.5 Å². The molecule has 0 radical (unpaired) electrons. The molecular weight excluding hydrogens is 422 g/mol. The SMILES string of the molecule is COc1ccc(C(=O)N2CC[C@](Cc3ccc(-c4ccsc4)cc3)(C(=O)N(C)C)C2)cn1. The van der Waals surface area contributed by atoms with Crippen molar-refractivity contribution in [3.8, 4) is 17.0 Å². The van der Waals surface area contributed by atoms with Crippen LogP contribution in [0.5, 0.6) is 5.88 Å². The molecule has 3 heterocycles. The molecule has 0 bridgehead atoms. The molecule has 0 spiro atoms. The van der Waals surface area contributed by atoms with Gasteiger partial charge in [0.15, 0.2) is 0 Å². The number of methoxy groups -OCH3 is 1. The first-order chi connectivity index (χ1) is 15.4. The lowest BCUT2D eigenvalue weighted by molar-refractivity contribution is -0.138. The fourth-order valence-corrected chi connectivity index (χ4v) is 5.02. The summed E-state index contributed by atoms with van der Waals surface area (Å²) in [5.41, 5.74) is 3.33. The summed E-state index contributed by atoms with van der Waals surface area (Å²) in [6.45, 7) is 0.929. The largest absolute Gasteiger partial charge is 0.481 e. The predicted molar refractivity (Wildman–Crippen MR) is 126 cm³/mol. The normalized spacial score (nSPS) is 17.9. The third-order valence-electron chi connectivity index (χ3n) is 6.04. The van der Waals surface area contributed by atoms with Gasteiger partial charge >= 0.3 is 0 Å². The van der Waals surface area contributed by atoms with Crippen molar-refractivity contribution in [3.63, 3.8) is 0 Å². The summed E-state index contributed by atoms with van der Waals surface area (Å²) >= 11 is 1.68. The minimum absolute atomic E-state index is 0.0579. The number of aromatic nitrogens is 1. The first-order valence-corrected chi connectivity index (χ1v) is 11.5. The molecule has 1 aliphatic heterocycles. The Bertz CT molecular complexity index is 1080. The second-order valence-electron chi connectivity index (χ2n) is 8.43. The van der Waals surface area contributed by atoms with Crippen LogP contribution in [0.15, 0.2) is 59.4 Å². The molecule has 2 aromatic heterocycles. The van der Waals surface area contributed by atoms with Crippen LogP contribution in [-0.4, -0.2) is 60.9 Å². The molecule has 1 aromatic carbocycles. The number of pyridine rings is 1. The van der Waals surface area contributed by atoms with Gasteiger partial charge in [-0.2, -0.15) is 11.3 Å². The molecule has 6 nitrogen and oxygen atoms in total. The molecule has 32 heavy (non-hydrogen) atoms. The Balaban J connectivity index is 1.54. The lowest BCUT2D eigenvalue weighted by Gasteiger charge is -2.31. The number of carbonyl (C=O) groups is 2. The fourth-order valence-electron chi connectivity index (χ4n) is 4.36. The molecule has 7 heteroatoms. The van der Waals surface area contributed by atoms with E-state index < -0.39 is 5.41 Å². The lowest BCUT2D eigenvalue weighted by Crippen LogP contribution is -2.44. The Morgan fingerprint density at radius 3 is 2.50 bits per heavy atom. The van der Waals surface area contributed by atoms with Crippen molar-refractivity contribution in [2.75, 3.05) is 34.3 Å². The van der Waals surface area contributed by atoms with Gasteiger partial charge in [-0.15, -0.1) is 0 Å². The van der Waals surface area contributed by atoms with Crippen LogP contribution in [0.4, 0.5) is 0 Å². The molecule has 2 amide bonds. The molecule has 1 aliphatic rings. The molecule has 1 saturated heterocycles. The summed E-state index contributed by atoms with van der Waals surface area (Å²) in [5, 5.41) is 4.19. The van der Waals surface area contributed by atoms with Crippen LogP contribution >= 0.6 is 11.3 Å². The number of rotatable bonds is 6. The molecule has 0 saturated carbocycles. The highest BCUT2D eigenvalue weighted by Crippen LogP contribution is 2.37. The monoisotopic (exact) mass is 449 g/mol. The number of amides is 2. The summed E-state index contributed by atoms with van der Waals surface area (Å²) in [6.07, 6.45) is 2.75. The van der Waals surface area contributed by atoms with Gasteiger partial charge in [-0.25, -0.2) is 4.98 Å². The molecule has 4 rings (SSSR count). The predicted octanol–water partition coefficient (Wildman–Crippen LogP) is 3.98. The van der Waals surface area contributed by atoms with E-state index in [1.807, 2.05) is 0 Å². The van der Waals surface area contributed by atoms with Crippen molar-refractivity contribution in [1.29, 1.82) is 0 Å². The van der Waals surface area contributed by atoms with Crippen LogP contribution in [0.1, 0.15) is 22.3 Å². The van der Waals surface area contributed by atoms with Gasteiger partial charge in [0.05, 0.1) is 18.1 Å². The van der Waals surface area contributed by atoms with Crippen LogP contribution in [0.25, 0.3) is 11.1 Å². The maximum Gasteiger partial charge on any atom is 0.255 e. The number of ether oxygens (including phenoxy) is 1. The molecule has 1 fully saturated rings. The van der Waals surface area contributed by atoms with Gasteiger partial charge in [0.25, 0.3) is 5.91 Å². The zero-order valence-electron chi connectivity index (χ0n) is 18.6. The summed E-state index contributed by atoms with van der Waals surface area (Å²) in [5.74, 6) is 0.412. The summed E-state index contributed by atoms with van der Waals surface area (Å²) in [7, 11) is 5.10. The number of hydrogen-bond donors (Lipinski definition) is 0. The summed E-state index contributed by atoms with van der Waals surface area (Å²) < 4.78 is 5.08. The number of carbonyl (C=O) groups excluding carboxylic acids is 2. The van der Waals surface area contributed by atoms with E-state index in [0.29, 0.717) is 37.4 Å². The Hall–Kier alpha value is -3.19. The number of benzene rings is 1. The highest BCUT2D eigenvalue weighted by molar-refractivity contribution is 7.08. The smallest absolute Gasteiger partial charge is 0.255 e. The van der Waals surface area contributed by atoms with E-state index in [9.17, 15) is 9.59 Å². The van der Waals surface area contributed by atoms with Gasteiger partial charge in [-0.05, 0) is 52.4 Å². The fraction of sp³-hybridized carbons (Fsp3) is 0.320. The number of likely N-dealkylation sites (tertiary alicyclic amines) is 1. The van der Waals surface area contributed by atoms with Crippen LogP contribution in [0.2, 0.25) is 0 Å². The van der Waals surface area contributed by atoms with E-state index in [1.165, 1.54) is 17.3 Å². The van der Waals surface area contributed by atoms with E-state index in [0.717, 1.165) is 5.56 Å². The first-order valence-electron chi connectivity index (χ1n) is 10.5. The van der Waals surface area contributed by atoms with E-state index >= 15 is 0 Å². The first kappa shape index (κ1) is 22.0. The topological polar surface area (TPSA) is 62.7 Å². The van der Waals surface area contributed by atoms with Crippen molar-refractivity contribution < 1.29 is 14.3 Å². The maximum absolute atomic E-state index is 13.3. The van der Waals surface area contributed by atoms with E-state index in [-0.39, 0.29) is 11.8 Å². The Morgan fingerprint density at radius 1 is 1.12 bits per heavy atom. The lowest BCUT2D eigenvalue weighted by atomic mass is 9.79. The van der Waals surface area contributed by atoms with Crippen molar-refractivity contribution in [2.45, 2.75) is 12.8 Å². The quantitative estimate of drug-likeness (QED) is 0.571. The second kappa shape index (κ2) is 9.12. The molecule has 0 N–H and O–H groups in total. The molecule has 3 aromatic rings. The molecule has 166 valence electrons. The van der Waals surface area contributed by atoms with Gasteiger partial charge < -0.3 is 14.5 Å². The number of thiophene rings is 1. The molecular formula is C25H27N3O3S. The number of nitrogens with zero attached hydrogens (tertiary/aromatic N) is 3. The Morgan fingerprint density at radius 2 is 1.91 bits per heavy atom. The van der Waals surface area contributed by atoms with Crippen molar-refractivity contribution in [1.82, 2.24) is 14.8 Å². The van der Waals surface area contributed by atoms with E-state index in [4.69, 9.17) is 4.74 Å². The Kier molecular flexibility index (Phi) is 6.28. The standard InChI is InChI=1S/C25H27N3O3S/c1-27(2)24(30)25(14-18-4-6-19(7-5-18)21-10-13-32-16-21)11-12-28(17-25)23(29)20-8-9-22(31-3)26-15-20/h4-10,13,15-16H,11-12,14,17H2,1-3H3/t25-/m1/s1. The summed E-state index contributed by atoms with van der Waals surface area (Å²) in [6, 6.07) is 13.9. The van der Waals surface area contributed by atoms with Crippen molar-refractivity contribution in [2.24, 2.45) is 5.41 Å². The highest BCUT2D eigenvalue weighted by atomic mass is 32.1. The molecule has 1 atom stereocenters. The molecule has 0 unspecified atom stereocenters. The average Bonchev–Trinajstić information content (AvgIpc) is 3.50. The van der Waals surface area contributed by atoms with Gasteiger partial charge in [0, 0.05) is 39.4 Å². The number of hydrogen-bond acceptors (Lipinski definition) is 5. The minimum atomic E-state index is -0.636. The Labute approximate surface area is 192 Å².